The van der Waals surface area contributed by atoms with Crippen molar-refractivity contribution in [3.05, 3.63) is 90.0 Å². The van der Waals surface area contributed by atoms with Gasteiger partial charge in [0.1, 0.15) is 0 Å². The van der Waals surface area contributed by atoms with E-state index in [-0.39, 0.29) is 0 Å². The number of hydrogen-bond donors (Lipinski definition) is 0. The van der Waals surface area contributed by atoms with Crippen LogP contribution in [0.15, 0.2) is 73.2 Å². The summed E-state index contributed by atoms with van der Waals surface area (Å²) in [7, 11) is 3.35. The number of benzene rings is 2. The van der Waals surface area contributed by atoms with E-state index in [4.69, 9.17) is 19.4 Å². The van der Waals surface area contributed by atoms with Crippen molar-refractivity contribution in [3.63, 3.8) is 0 Å². The first kappa shape index (κ1) is 23.9. The summed E-state index contributed by atoms with van der Waals surface area (Å²) in [6.07, 6.45) is 7.82. The Morgan fingerprint density at radius 1 is 0.944 bits per heavy atom. The van der Waals surface area contributed by atoms with Gasteiger partial charge in [-0.15, -0.1) is 0 Å². The van der Waals surface area contributed by atoms with Gasteiger partial charge in [-0.3, -0.25) is 9.88 Å². The molecule has 0 spiro atoms. The van der Waals surface area contributed by atoms with E-state index in [1.165, 1.54) is 16.7 Å². The van der Waals surface area contributed by atoms with Gasteiger partial charge in [-0.25, -0.2) is 9.97 Å². The minimum Gasteiger partial charge on any atom is -0.493 e. The number of pyridine rings is 1. The van der Waals surface area contributed by atoms with Gasteiger partial charge in [0.05, 0.1) is 19.9 Å². The zero-order chi connectivity index (χ0) is 24.9. The maximum Gasteiger partial charge on any atom is 0.161 e. The molecule has 6 heteroatoms. The molecule has 0 amide bonds. The summed E-state index contributed by atoms with van der Waals surface area (Å²) >= 11 is 0. The molecule has 1 atom stereocenters. The highest BCUT2D eigenvalue weighted by Gasteiger charge is 2.26. The van der Waals surface area contributed by atoms with E-state index < -0.39 is 0 Å². The molecule has 1 saturated heterocycles. The molecule has 184 valence electrons. The molecular formula is C30H32N4O2. The molecule has 1 aliphatic heterocycles. The zero-order valence-corrected chi connectivity index (χ0v) is 21.1. The number of aromatic nitrogens is 3. The lowest BCUT2D eigenvalue weighted by molar-refractivity contribution is 0.198. The van der Waals surface area contributed by atoms with Gasteiger partial charge in [0, 0.05) is 48.7 Å². The van der Waals surface area contributed by atoms with Crippen molar-refractivity contribution < 1.29 is 9.47 Å². The second-order valence-corrected chi connectivity index (χ2v) is 9.31. The topological polar surface area (TPSA) is 60.4 Å². The number of piperidine rings is 1. The Balaban J connectivity index is 1.47. The third kappa shape index (κ3) is 5.09. The van der Waals surface area contributed by atoms with Crippen molar-refractivity contribution in [1.82, 2.24) is 19.9 Å². The molecule has 1 fully saturated rings. The fraction of sp³-hybridized carbons (Fsp3) is 0.300. The number of rotatable bonds is 7. The summed E-state index contributed by atoms with van der Waals surface area (Å²) < 4.78 is 10.9. The first-order chi connectivity index (χ1) is 17.7. The maximum absolute atomic E-state index is 5.52. The first-order valence-electron chi connectivity index (χ1n) is 12.4. The van der Waals surface area contributed by atoms with Gasteiger partial charge in [-0.2, -0.15) is 0 Å². The van der Waals surface area contributed by atoms with Crippen LogP contribution < -0.4 is 9.47 Å². The van der Waals surface area contributed by atoms with E-state index in [0.29, 0.717) is 5.92 Å². The van der Waals surface area contributed by atoms with Crippen molar-refractivity contribution in [2.45, 2.75) is 32.2 Å². The Bertz CT molecular complexity index is 1330. The third-order valence-corrected chi connectivity index (χ3v) is 6.94. The standard InChI is InChI=1S/C30H32N4O2/c1-21-7-4-5-9-25(21)26-18-32-30(23-12-14-31-15-13-23)33-29(26)24-8-6-16-34(20-24)19-22-10-11-27(35-2)28(17-22)36-3/h4-5,7,9-15,17-18,24H,6,8,16,19-20H2,1-3H3. The minimum absolute atomic E-state index is 0.317. The van der Waals surface area contributed by atoms with Crippen LogP contribution in [0.2, 0.25) is 0 Å². The second-order valence-electron chi connectivity index (χ2n) is 9.31. The van der Waals surface area contributed by atoms with Crippen LogP contribution in [0, 0.1) is 6.92 Å². The van der Waals surface area contributed by atoms with Crippen molar-refractivity contribution in [1.29, 1.82) is 0 Å². The Hall–Kier alpha value is -3.77. The first-order valence-corrected chi connectivity index (χ1v) is 12.4. The minimum atomic E-state index is 0.317. The van der Waals surface area contributed by atoms with E-state index >= 15 is 0 Å². The van der Waals surface area contributed by atoms with Gasteiger partial charge in [0.15, 0.2) is 17.3 Å². The lowest BCUT2D eigenvalue weighted by atomic mass is 9.88. The zero-order valence-electron chi connectivity index (χ0n) is 21.1. The second kappa shape index (κ2) is 10.9. The third-order valence-electron chi connectivity index (χ3n) is 6.94. The highest BCUT2D eigenvalue weighted by molar-refractivity contribution is 5.70. The molecule has 4 aromatic rings. The lowest BCUT2D eigenvalue weighted by Gasteiger charge is -2.33. The molecule has 5 rings (SSSR count). The number of hydrogen-bond acceptors (Lipinski definition) is 6. The fourth-order valence-electron chi connectivity index (χ4n) is 5.09. The van der Waals surface area contributed by atoms with Gasteiger partial charge in [0.2, 0.25) is 0 Å². The van der Waals surface area contributed by atoms with Crippen LogP contribution in [-0.4, -0.2) is 47.2 Å². The Morgan fingerprint density at radius 3 is 2.53 bits per heavy atom. The van der Waals surface area contributed by atoms with Gasteiger partial charge in [-0.1, -0.05) is 30.3 Å². The average molecular weight is 481 g/mol. The molecule has 2 aromatic heterocycles. The Kier molecular flexibility index (Phi) is 7.23. The van der Waals surface area contributed by atoms with Crippen LogP contribution in [0.25, 0.3) is 22.5 Å². The predicted octanol–water partition coefficient (Wildman–Crippen LogP) is 5.91. The van der Waals surface area contributed by atoms with Crippen LogP contribution in [0.5, 0.6) is 11.5 Å². The summed E-state index contributed by atoms with van der Waals surface area (Å²) in [4.78, 5) is 16.6. The molecular weight excluding hydrogens is 448 g/mol. The fourth-order valence-corrected chi connectivity index (χ4v) is 5.09. The van der Waals surface area contributed by atoms with Crippen molar-refractivity contribution in [2.75, 3.05) is 27.3 Å². The summed E-state index contributed by atoms with van der Waals surface area (Å²) in [5.74, 6) is 2.59. The van der Waals surface area contributed by atoms with E-state index in [1.54, 1.807) is 26.6 Å². The molecule has 0 saturated carbocycles. The summed E-state index contributed by atoms with van der Waals surface area (Å²) in [5.41, 5.74) is 6.89. The smallest absolute Gasteiger partial charge is 0.161 e. The molecule has 2 aromatic carbocycles. The molecule has 1 unspecified atom stereocenters. The summed E-state index contributed by atoms with van der Waals surface area (Å²) in [6.45, 7) is 5.02. The highest BCUT2D eigenvalue weighted by atomic mass is 16.5. The number of likely N-dealkylation sites (tertiary alicyclic amines) is 1. The number of aryl methyl sites for hydroxylation is 1. The van der Waals surface area contributed by atoms with E-state index in [0.717, 1.165) is 66.6 Å². The molecule has 1 aliphatic rings. The van der Waals surface area contributed by atoms with E-state index in [9.17, 15) is 0 Å². The largest absolute Gasteiger partial charge is 0.493 e. The van der Waals surface area contributed by atoms with Crippen LogP contribution in [0.3, 0.4) is 0 Å². The molecule has 3 heterocycles. The van der Waals surface area contributed by atoms with Gasteiger partial charge in [0.25, 0.3) is 0 Å². The maximum atomic E-state index is 5.52. The normalized spacial score (nSPS) is 16.0. The van der Waals surface area contributed by atoms with Crippen LogP contribution in [-0.2, 0) is 6.54 Å². The molecule has 0 aliphatic carbocycles. The SMILES string of the molecule is COc1ccc(CN2CCCC(c3nc(-c4ccncc4)ncc3-c3ccccc3C)C2)cc1OC. The van der Waals surface area contributed by atoms with Crippen molar-refractivity contribution in [3.8, 4) is 34.0 Å². The average Bonchev–Trinajstić information content (AvgIpc) is 2.93. The van der Waals surface area contributed by atoms with Crippen LogP contribution >= 0.6 is 0 Å². The van der Waals surface area contributed by atoms with Crippen LogP contribution in [0.1, 0.15) is 35.6 Å². The monoisotopic (exact) mass is 480 g/mol. The molecule has 0 N–H and O–H groups in total. The molecule has 0 bridgehead atoms. The van der Waals surface area contributed by atoms with Crippen LogP contribution in [0.4, 0.5) is 0 Å². The Morgan fingerprint density at radius 2 is 1.75 bits per heavy atom. The summed E-state index contributed by atoms with van der Waals surface area (Å²) in [6, 6.07) is 18.6. The van der Waals surface area contributed by atoms with Crippen molar-refractivity contribution >= 4 is 0 Å². The predicted molar refractivity (Wildman–Crippen MR) is 142 cm³/mol. The molecule has 36 heavy (non-hydrogen) atoms. The Labute approximate surface area is 213 Å². The quantitative estimate of drug-likeness (QED) is 0.328. The van der Waals surface area contributed by atoms with E-state index in [1.807, 2.05) is 24.4 Å². The number of ether oxygens (including phenoxy) is 2. The lowest BCUT2D eigenvalue weighted by Crippen LogP contribution is -2.34. The van der Waals surface area contributed by atoms with Gasteiger partial charge >= 0.3 is 0 Å². The molecule has 0 radical (unpaired) electrons. The van der Waals surface area contributed by atoms with Crippen molar-refractivity contribution in [2.24, 2.45) is 0 Å². The van der Waals surface area contributed by atoms with Gasteiger partial charge < -0.3 is 9.47 Å². The van der Waals surface area contributed by atoms with E-state index in [2.05, 4.69) is 53.2 Å². The number of methoxy groups -OCH3 is 2. The summed E-state index contributed by atoms with van der Waals surface area (Å²) in [5, 5.41) is 0. The highest BCUT2D eigenvalue weighted by Crippen LogP contribution is 2.36. The number of nitrogens with zero attached hydrogens (tertiary/aromatic N) is 4. The van der Waals surface area contributed by atoms with Gasteiger partial charge in [-0.05, 0) is 67.3 Å². The molecule has 6 nitrogen and oxygen atoms in total.